The zero-order valence-corrected chi connectivity index (χ0v) is 11.5. The fourth-order valence-corrected chi connectivity index (χ4v) is 2.96. The standard InChI is InChI=1S/C13H28N4/c1-3-17-11-10-16(12-13(17)2)9-8-15-6-4-14-5-7-15/h13-14H,3-12H2,1-2H3. The predicted molar refractivity (Wildman–Crippen MR) is 72.5 cm³/mol. The first-order chi connectivity index (χ1) is 8.29. The molecular formula is C13H28N4. The Morgan fingerprint density at radius 3 is 2.35 bits per heavy atom. The Labute approximate surface area is 106 Å². The van der Waals surface area contributed by atoms with Gasteiger partial charge < -0.3 is 5.32 Å². The van der Waals surface area contributed by atoms with Crippen LogP contribution >= 0.6 is 0 Å². The van der Waals surface area contributed by atoms with E-state index in [1.54, 1.807) is 0 Å². The molecule has 2 heterocycles. The number of hydrogen-bond acceptors (Lipinski definition) is 4. The molecule has 100 valence electrons. The normalized spacial score (nSPS) is 29.6. The molecule has 1 unspecified atom stereocenters. The number of nitrogens with one attached hydrogen (secondary N) is 1. The minimum atomic E-state index is 0.733. The van der Waals surface area contributed by atoms with Gasteiger partial charge in [-0.1, -0.05) is 6.92 Å². The molecule has 1 N–H and O–H groups in total. The first kappa shape index (κ1) is 13.3. The molecule has 2 aliphatic rings. The van der Waals surface area contributed by atoms with Crippen LogP contribution in [0, 0.1) is 0 Å². The van der Waals surface area contributed by atoms with Gasteiger partial charge in [0.15, 0.2) is 0 Å². The van der Waals surface area contributed by atoms with Crippen molar-refractivity contribution in [2.24, 2.45) is 0 Å². The molecule has 4 nitrogen and oxygen atoms in total. The SMILES string of the molecule is CCN1CCN(CCN2CCNCC2)CC1C. The molecule has 2 fully saturated rings. The van der Waals surface area contributed by atoms with Crippen LogP contribution < -0.4 is 5.32 Å². The van der Waals surface area contributed by atoms with Crippen molar-refractivity contribution >= 4 is 0 Å². The Balaban J connectivity index is 1.66. The maximum absolute atomic E-state index is 3.41. The van der Waals surface area contributed by atoms with Gasteiger partial charge in [0.05, 0.1) is 0 Å². The Hall–Kier alpha value is -0.160. The smallest absolute Gasteiger partial charge is 0.0195 e. The summed E-state index contributed by atoms with van der Waals surface area (Å²) in [6.45, 7) is 16.9. The molecule has 0 saturated carbocycles. The van der Waals surface area contributed by atoms with Gasteiger partial charge in [-0.15, -0.1) is 0 Å². The van der Waals surface area contributed by atoms with Crippen molar-refractivity contribution < 1.29 is 0 Å². The van der Waals surface area contributed by atoms with Crippen molar-refractivity contribution in [1.82, 2.24) is 20.0 Å². The summed E-state index contributed by atoms with van der Waals surface area (Å²) in [5.41, 5.74) is 0. The molecule has 0 radical (unpaired) electrons. The van der Waals surface area contributed by atoms with E-state index >= 15 is 0 Å². The predicted octanol–water partition coefficient (Wildman–Crippen LogP) is -0.0824. The van der Waals surface area contributed by atoms with E-state index in [-0.39, 0.29) is 0 Å². The molecule has 2 rings (SSSR count). The summed E-state index contributed by atoms with van der Waals surface area (Å²) in [6, 6.07) is 0.733. The fraction of sp³-hybridized carbons (Fsp3) is 1.00. The van der Waals surface area contributed by atoms with E-state index in [2.05, 4.69) is 33.9 Å². The molecule has 1 atom stereocenters. The zero-order valence-electron chi connectivity index (χ0n) is 11.5. The van der Waals surface area contributed by atoms with Crippen LogP contribution in [-0.4, -0.2) is 86.2 Å². The average molecular weight is 240 g/mol. The van der Waals surface area contributed by atoms with E-state index in [1.165, 1.54) is 65.4 Å². The van der Waals surface area contributed by atoms with E-state index in [0.29, 0.717) is 0 Å². The lowest BCUT2D eigenvalue weighted by molar-refractivity contribution is 0.0782. The van der Waals surface area contributed by atoms with Crippen LogP contribution in [0.15, 0.2) is 0 Å². The van der Waals surface area contributed by atoms with Gasteiger partial charge >= 0.3 is 0 Å². The summed E-state index contributed by atoms with van der Waals surface area (Å²) in [7, 11) is 0. The van der Waals surface area contributed by atoms with E-state index < -0.39 is 0 Å². The molecule has 4 heteroatoms. The molecule has 2 saturated heterocycles. The van der Waals surface area contributed by atoms with E-state index in [9.17, 15) is 0 Å². The highest BCUT2D eigenvalue weighted by atomic mass is 15.3. The van der Waals surface area contributed by atoms with Gasteiger partial charge in [0, 0.05) is 64.9 Å². The van der Waals surface area contributed by atoms with Gasteiger partial charge in [0.2, 0.25) is 0 Å². The quantitative estimate of drug-likeness (QED) is 0.742. The molecule has 0 aromatic heterocycles. The highest BCUT2D eigenvalue weighted by Gasteiger charge is 2.22. The fourth-order valence-electron chi connectivity index (χ4n) is 2.96. The zero-order chi connectivity index (χ0) is 12.1. The third kappa shape index (κ3) is 3.91. The Morgan fingerprint density at radius 2 is 1.71 bits per heavy atom. The molecule has 0 aliphatic carbocycles. The van der Waals surface area contributed by atoms with E-state index in [1.807, 2.05) is 0 Å². The molecular weight excluding hydrogens is 212 g/mol. The second kappa shape index (κ2) is 6.69. The van der Waals surface area contributed by atoms with Gasteiger partial charge in [-0.3, -0.25) is 14.7 Å². The number of nitrogens with zero attached hydrogens (tertiary/aromatic N) is 3. The van der Waals surface area contributed by atoms with Crippen molar-refractivity contribution in [3.63, 3.8) is 0 Å². The largest absolute Gasteiger partial charge is 0.314 e. The van der Waals surface area contributed by atoms with Gasteiger partial charge in [0.1, 0.15) is 0 Å². The number of hydrogen-bond donors (Lipinski definition) is 1. The number of rotatable bonds is 4. The van der Waals surface area contributed by atoms with Gasteiger partial charge in [0.25, 0.3) is 0 Å². The highest BCUT2D eigenvalue weighted by molar-refractivity contribution is 4.79. The molecule has 0 bridgehead atoms. The van der Waals surface area contributed by atoms with Crippen molar-refractivity contribution in [2.45, 2.75) is 19.9 Å². The number of piperazine rings is 2. The third-order valence-corrected chi connectivity index (χ3v) is 4.20. The van der Waals surface area contributed by atoms with Crippen LogP contribution in [0.25, 0.3) is 0 Å². The second-order valence-corrected chi connectivity index (χ2v) is 5.37. The summed E-state index contributed by atoms with van der Waals surface area (Å²) < 4.78 is 0. The van der Waals surface area contributed by atoms with Crippen molar-refractivity contribution in [3.8, 4) is 0 Å². The summed E-state index contributed by atoms with van der Waals surface area (Å²) in [4.78, 5) is 7.81. The van der Waals surface area contributed by atoms with Crippen molar-refractivity contribution in [1.29, 1.82) is 0 Å². The van der Waals surface area contributed by atoms with E-state index in [0.717, 1.165) is 6.04 Å². The molecule has 0 aromatic rings. The number of likely N-dealkylation sites (N-methyl/N-ethyl adjacent to an activating group) is 1. The topological polar surface area (TPSA) is 21.8 Å². The third-order valence-electron chi connectivity index (χ3n) is 4.20. The summed E-state index contributed by atoms with van der Waals surface area (Å²) in [6.07, 6.45) is 0. The van der Waals surface area contributed by atoms with Crippen molar-refractivity contribution in [2.75, 3.05) is 65.4 Å². The molecule has 0 amide bonds. The molecule has 0 spiro atoms. The summed E-state index contributed by atoms with van der Waals surface area (Å²) in [5, 5.41) is 3.41. The van der Waals surface area contributed by atoms with Gasteiger partial charge in [-0.25, -0.2) is 0 Å². The minimum Gasteiger partial charge on any atom is -0.314 e. The van der Waals surface area contributed by atoms with Gasteiger partial charge in [-0.2, -0.15) is 0 Å². The van der Waals surface area contributed by atoms with Crippen LogP contribution in [-0.2, 0) is 0 Å². The summed E-state index contributed by atoms with van der Waals surface area (Å²) in [5.74, 6) is 0. The lowest BCUT2D eigenvalue weighted by Crippen LogP contribution is -2.53. The minimum absolute atomic E-state index is 0.733. The maximum atomic E-state index is 3.41. The Bertz CT molecular complexity index is 215. The monoisotopic (exact) mass is 240 g/mol. The van der Waals surface area contributed by atoms with Crippen molar-refractivity contribution in [3.05, 3.63) is 0 Å². The molecule has 2 aliphatic heterocycles. The lowest BCUT2D eigenvalue weighted by atomic mass is 10.2. The average Bonchev–Trinajstić information content (AvgIpc) is 2.38. The van der Waals surface area contributed by atoms with Crippen LogP contribution in [0.3, 0.4) is 0 Å². The highest BCUT2D eigenvalue weighted by Crippen LogP contribution is 2.08. The first-order valence-electron chi connectivity index (χ1n) is 7.19. The second-order valence-electron chi connectivity index (χ2n) is 5.37. The van der Waals surface area contributed by atoms with Crippen LogP contribution in [0.1, 0.15) is 13.8 Å². The van der Waals surface area contributed by atoms with Crippen LogP contribution in [0.4, 0.5) is 0 Å². The van der Waals surface area contributed by atoms with E-state index in [4.69, 9.17) is 0 Å². The van der Waals surface area contributed by atoms with Gasteiger partial charge in [-0.05, 0) is 13.5 Å². The van der Waals surface area contributed by atoms with Crippen LogP contribution in [0.5, 0.6) is 0 Å². The Morgan fingerprint density at radius 1 is 1.00 bits per heavy atom. The Kier molecular flexibility index (Phi) is 5.22. The summed E-state index contributed by atoms with van der Waals surface area (Å²) >= 11 is 0. The lowest BCUT2D eigenvalue weighted by Gasteiger charge is -2.40. The maximum Gasteiger partial charge on any atom is 0.0195 e. The van der Waals surface area contributed by atoms with Crippen LogP contribution in [0.2, 0.25) is 0 Å². The molecule has 17 heavy (non-hydrogen) atoms. The first-order valence-corrected chi connectivity index (χ1v) is 7.19. The molecule has 0 aromatic carbocycles.